The molecule has 1 N–H and O–H groups in total. The van der Waals surface area contributed by atoms with Crippen molar-refractivity contribution in [1.82, 2.24) is 4.98 Å². The smallest absolute Gasteiger partial charge is 0.298 e. The third kappa shape index (κ3) is 4.10. The summed E-state index contributed by atoms with van der Waals surface area (Å²) in [6.07, 6.45) is 0. The minimum Gasteiger partial charge on any atom is -0.298 e. The maximum absolute atomic E-state index is 12.6. The first kappa shape index (κ1) is 20.1. The maximum Gasteiger partial charge on any atom is 0.341 e. The second-order valence-corrected chi connectivity index (χ2v) is 8.90. The molecule has 0 spiro atoms. The number of hydrogen-bond acceptors (Lipinski definition) is 5. The lowest BCUT2D eigenvalue weighted by atomic mass is 10.1. The van der Waals surface area contributed by atoms with Crippen LogP contribution in [0.1, 0.15) is 21.5 Å². The molecule has 3 aromatic rings. The Balaban J connectivity index is 1.75. The number of carbonyl (C=O) groups is 1. The molecular formula is C19H16F2N2O3S2. The van der Waals surface area contributed by atoms with E-state index in [0.717, 1.165) is 29.0 Å². The number of halogens is 2. The van der Waals surface area contributed by atoms with E-state index < -0.39 is 26.4 Å². The summed E-state index contributed by atoms with van der Waals surface area (Å²) < 4.78 is 48.0. The maximum atomic E-state index is 12.6. The highest BCUT2D eigenvalue weighted by Gasteiger charge is 2.26. The molecule has 0 aliphatic rings. The quantitative estimate of drug-likeness (QED) is 0.648. The van der Waals surface area contributed by atoms with Crippen LogP contribution in [0.2, 0.25) is 0 Å². The number of aromatic nitrogens is 1. The van der Waals surface area contributed by atoms with Gasteiger partial charge in [0.1, 0.15) is 0 Å². The summed E-state index contributed by atoms with van der Waals surface area (Å²) in [6.45, 7) is 4.02. The molecular weight excluding hydrogens is 406 g/mol. The Kier molecular flexibility index (Phi) is 5.57. The fourth-order valence-corrected chi connectivity index (χ4v) is 3.87. The summed E-state index contributed by atoms with van der Waals surface area (Å²) in [7, 11) is -4.69. The number of nitrogens with one attached hydrogen (secondary N) is 1. The zero-order valence-corrected chi connectivity index (χ0v) is 16.6. The van der Waals surface area contributed by atoms with Crippen molar-refractivity contribution in [3.8, 4) is 11.3 Å². The summed E-state index contributed by atoms with van der Waals surface area (Å²) >= 11 is 1.25. The summed E-state index contributed by atoms with van der Waals surface area (Å²) in [4.78, 5) is 16.2. The highest BCUT2D eigenvalue weighted by Crippen LogP contribution is 2.27. The van der Waals surface area contributed by atoms with Gasteiger partial charge in [-0.25, -0.2) is 13.4 Å². The predicted molar refractivity (Wildman–Crippen MR) is 105 cm³/mol. The molecule has 1 aromatic heterocycles. The second kappa shape index (κ2) is 7.76. The first-order valence-corrected chi connectivity index (χ1v) is 10.6. The van der Waals surface area contributed by atoms with E-state index in [9.17, 15) is 22.0 Å². The van der Waals surface area contributed by atoms with Crippen molar-refractivity contribution in [3.05, 3.63) is 64.5 Å². The Morgan fingerprint density at radius 3 is 2.36 bits per heavy atom. The number of amides is 1. The SMILES string of the molecule is Cc1ccc(-c2csc(NC(=O)c3ccc(S(=O)(=O)C(F)F)cc3)n2)cc1C. The second-order valence-electron chi connectivity index (χ2n) is 6.12. The Morgan fingerprint density at radius 1 is 1.07 bits per heavy atom. The van der Waals surface area contributed by atoms with E-state index in [1.54, 1.807) is 0 Å². The van der Waals surface area contributed by atoms with E-state index in [1.165, 1.54) is 29.0 Å². The van der Waals surface area contributed by atoms with Crippen LogP contribution in [-0.4, -0.2) is 25.1 Å². The topological polar surface area (TPSA) is 76.1 Å². The van der Waals surface area contributed by atoms with Gasteiger partial charge in [-0.05, 0) is 55.3 Å². The van der Waals surface area contributed by atoms with Crippen LogP contribution < -0.4 is 5.32 Å². The molecule has 0 aliphatic heterocycles. The molecule has 0 unspecified atom stereocenters. The number of aryl methyl sites for hydroxylation is 2. The van der Waals surface area contributed by atoms with E-state index in [4.69, 9.17) is 0 Å². The third-order valence-corrected chi connectivity index (χ3v) is 6.36. The largest absolute Gasteiger partial charge is 0.341 e. The molecule has 0 saturated heterocycles. The van der Waals surface area contributed by atoms with Crippen LogP contribution in [0.4, 0.5) is 13.9 Å². The fraction of sp³-hybridized carbons (Fsp3) is 0.158. The van der Waals surface area contributed by atoms with Crippen LogP contribution in [0.25, 0.3) is 11.3 Å². The molecule has 2 aromatic carbocycles. The minimum absolute atomic E-state index is 0.135. The fourth-order valence-electron chi connectivity index (χ4n) is 2.43. The lowest BCUT2D eigenvalue weighted by Gasteiger charge is -2.05. The van der Waals surface area contributed by atoms with Crippen molar-refractivity contribution in [1.29, 1.82) is 0 Å². The van der Waals surface area contributed by atoms with Crippen molar-refractivity contribution >= 4 is 32.2 Å². The molecule has 146 valence electrons. The number of carbonyl (C=O) groups excluding carboxylic acids is 1. The molecule has 0 aliphatic carbocycles. The van der Waals surface area contributed by atoms with E-state index >= 15 is 0 Å². The summed E-state index contributed by atoms with van der Waals surface area (Å²) in [5.41, 5.74) is 4.10. The minimum atomic E-state index is -4.69. The van der Waals surface area contributed by atoms with Crippen molar-refractivity contribution in [2.75, 3.05) is 5.32 Å². The zero-order chi connectivity index (χ0) is 20.5. The molecule has 5 nitrogen and oxygen atoms in total. The van der Waals surface area contributed by atoms with Gasteiger partial charge in [-0.3, -0.25) is 10.1 Å². The standard InChI is InChI=1S/C19H16F2N2O3S2/c1-11-3-4-14(9-12(11)2)16-10-27-19(22-16)23-17(24)13-5-7-15(8-6-13)28(25,26)18(20)21/h3-10,18H,1-2H3,(H,22,23,24). The number of anilines is 1. The van der Waals surface area contributed by atoms with Crippen LogP contribution in [0.3, 0.4) is 0 Å². The van der Waals surface area contributed by atoms with Gasteiger partial charge in [0.05, 0.1) is 10.6 Å². The first-order chi connectivity index (χ1) is 13.2. The number of sulfone groups is 1. The van der Waals surface area contributed by atoms with Crippen molar-refractivity contribution in [3.63, 3.8) is 0 Å². The zero-order valence-electron chi connectivity index (χ0n) is 14.9. The number of hydrogen-bond donors (Lipinski definition) is 1. The third-order valence-electron chi connectivity index (χ3n) is 4.21. The van der Waals surface area contributed by atoms with E-state index in [0.29, 0.717) is 5.13 Å². The van der Waals surface area contributed by atoms with Crippen LogP contribution in [0, 0.1) is 13.8 Å². The van der Waals surface area contributed by atoms with Crippen LogP contribution in [0.15, 0.2) is 52.7 Å². The van der Waals surface area contributed by atoms with Crippen molar-refractivity contribution in [2.45, 2.75) is 24.5 Å². The Morgan fingerprint density at radius 2 is 1.75 bits per heavy atom. The Hall–Kier alpha value is -2.65. The monoisotopic (exact) mass is 422 g/mol. The van der Waals surface area contributed by atoms with E-state index in [1.807, 2.05) is 37.4 Å². The first-order valence-electron chi connectivity index (χ1n) is 8.15. The average Bonchev–Trinajstić information content (AvgIpc) is 3.12. The molecule has 28 heavy (non-hydrogen) atoms. The number of benzene rings is 2. The van der Waals surface area contributed by atoms with Gasteiger partial charge in [0.15, 0.2) is 5.13 Å². The lowest BCUT2D eigenvalue weighted by Crippen LogP contribution is -2.14. The molecule has 0 atom stereocenters. The van der Waals surface area contributed by atoms with Crippen LogP contribution >= 0.6 is 11.3 Å². The molecule has 0 fully saturated rings. The number of thiazole rings is 1. The van der Waals surface area contributed by atoms with Crippen LogP contribution in [-0.2, 0) is 9.84 Å². The normalized spacial score (nSPS) is 11.6. The van der Waals surface area contributed by atoms with E-state index in [-0.39, 0.29) is 5.56 Å². The van der Waals surface area contributed by atoms with Gasteiger partial charge in [-0.2, -0.15) is 8.78 Å². The number of nitrogens with zero attached hydrogens (tertiary/aromatic N) is 1. The molecule has 0 radical (unpaired) electrons. The van der Waals surface area contributed by atoms with Gasteiger partial charge < -0.3 is 0 Å². The number of rotatable bonds is 5. The highest BCUT2D eigenvalue weighted by atomic mass is 32.2. The molecule has 0 bridgehead atoms. The predicted octanol–water partition coefficient (Wildman–Crippen LogP) is 4.68. The summed E-state index contributed by atoms with van der Waals surface area (Å²) in [5, 5.41) is 4.82. The number of alkyl halides is 2. The van der Waals surface area contributed by atoms with Gasteiger partial charge >= 0.3 is 5.76 Å². The van der Waals surface area contributed by atoms with Gasteiger partial charge in [-0.15, -0.1) is 11.3 Å². The van der Waals surface area contributed by atoms with Gasteiger partial charge in [0.25, 0.3) is 5.91 Å². The molecule has 1 amide bonds. The van der Waals surface area contributed by atoms with Crippen molar-refractivity contribution < 1.29 is 22.0 Å². The average molecular weight is 422 g/mol. The van der Waals surface area contributed by atoms with Crippen molar-refractivity contribution in [2.24, 2.45) is 0 Å². The van der Waals surface area contributed by atoms with Gasteiger partial charge in [0, 0.05) is 16.5 Å². The van der Waals surface area contributed by atoms with Gasteiger partial charge in [-0.1, -0.05) is 12.1 Å². The van der Waals surface area contributed by atoms with E-state index in [2.05, 4.69) is 10.3 Å². The molecule has 9 heteroatoms. The lowest BCUT2D eigenvalue weighted by molar-refractivity contribution is 0.102. The summed E-state index contributed by atoms with van der Waals surface area (Å²) in [5.74, 6) is -4.02. The summed E-state index contributed by atoms with van der Waals surface area (Å²) in [6, 6.07) is 10.3. The highest BCUT2D eigenvalue weighted by molar-refractivity contribution is 7.91. The molecule has 3 rings (SSSR count). The Bertz CT molecular complexity index is 1120. The van der Waals surface area contributed by atoms with Crippen LogP contribution in [0.5, 0.6) is 0 Å². The van der Waals surface area contributed by atoms with Gasteiger partial charge in [0.2, 0.25) is 9.84 Å². The molecule has 1 heterocycles. The Labute approximate surface area is 165 Å². The molecule has 0 saturated carbocycles.